The maximum absolute atomic E-state index is 12.8. The van der Waals surface area contributed by atoms with Crippen LogP contribution in [0.15, 0.2) is 36.7 Å². The number of benzene rings is 1. The van der Waals surface area contributed by atoms with Crippen molar-refractivity contribution in [2.75, 3.05) is 19.6 Å². The van der Waals surface area contributed by atoms with Crippen molar-refractivity contribution in [1.82, 2.24) is 25.3 Å². The van der Waals surface area contributed by atoms with Crippen molar-refractivity contribution in [3.05, 3.63) is 51.4 Å². The Balaban J connectivity index is 1.15. The Morgan fingerprint density at radius 1 is 1.12 bits per heavy atom. The summed E-state index contributed by atoms with van der Waals surface area (Å²) < 4.78 is 41.6. The van der Waals surface area contributed by atoms with Gasteiger partial charge in [0.15, 0.2) is 0 Å². The van der Waals surface area contributed by atoms with E-state index in [2.05, 4.69) is 54.1 Å². The molecule has 7 nitrogen and oxygen atoms in total. The standard InChI is InChI=1S/C22H25F3IN5O2/c23-22(24,25)15-3-1-2-14(8-15)21(33)27-10-20(32)29-17-12-30(13-17)18-4-6-19(7-5-18)31-11-16(26)9-28-31/h1-3,8-9,11,17-19H,4-7,10,12-13H2,(H,27,33)(H,29,32)/t18-,19+. The number of halogens is 4. The van der Waals surface area contributed by atoms with Crippen molar-refractivity contribution >= 4 is 34.4 Å². The highest BCUT2D eigenvalue weighted by Crippen LogP contribution is 2.33. The lowest BCUT2D eigenvalue weighted by molar-refractivity contribution is -0.137. The van der Waals surface area contributed by atoms with Gasteiger partial charge in [-0.1, -0.05) is 6.07 Å². The fourth-order valence-corrected chi connectivity index (χ4v) is 4.89. The van der Waals surface area contributed by atoms with Crippen molar-refractivity contribution < 1.29 is 22.8 Å². The molecular weight excluding hydrogens is 550 g/mol. The van der Waals surface area contributed by atoms with Gasteiger partial charge >= 0.3 is 6.18 Å². The number of nitrogens with zero attached hydrogens (tertiary/aromatic N) is 3. The molecule has 178 valence electrons. The van der Waals surface area contributed by atoms with Gasteiger partial charge in [0, 0.05) is 30.9 Å². The summed E-state index contributed by atoms with van der Waals surface area (Å²) in [6, 6.07) is 5.10. The minimum absolute atomic E-state index is 0.0216. The van der Waals surface area contributed by atoms with Crippen molar-refractivity contribution in [3.63, 3.8) is 0 Å². The van der Waals surface area contributed by atoms with Gasteiger partial charge in [0.25, 0.3) is 5.91 Å². The third kappa shape index (κ3) is 6.05. The second-order valence-electron chi connectivity index (χ2n) is 8.58. The molecule has 1 aromatic carbocycles. The number of alkyl halides is 3. The summed E-state index contributed by atoms with van der Waals surface area (Å²) in [6.07, 6.45) is 3.77. The number of carbonyl (C=O) groups is 2. The minimum atomic E-state index is -4.53. The molecule has 0 spiro atoms. The molecule has 2 N–H and O–H groups in total. The molecule has 1 aliphatic heterocycles. The van der Waals surface area contributed by atoms with E-state index in [0.717, 1.165) is 54.5 Å². The van der Waals surface area contributed by atoms with Gasteiger partial charge in [-0.15, -0.1) is 0 Å². The molecule has 0 bridgehead atoms. The Bertz CT molecular complexity index is 998. The molecule has 0 atom stereocenters. The predicted molar refractivity (Wildman–Crippen MR) is 124 cm³/mol. The first-order valence-electron chi connectivity index (χ1n) is 10.9. The van der Waals surface area contributed by atoms with Crippen LogP contribution in [-0.2, 0) is 11.0 Å². The van der Waals surface area contributed by atoms with E-state index in [9.17, 15) is 22.8 Å². The largest absolute Gasteiger partial charge is 0.416 e. The maximum Gasteiger partial charge on any atom is 0.416 e. The number of amides is 2. The molecular formula is C22H25F3IN5O2. The molecule has 33 heavy (non-hydrogen) atoms. The van der Waals surface area contributed by atoms with Crippen molar-refractivity contribution in [1.29, 1.82) is 0 Å². The average Bonchev–Trinajstić information content (AvgIpc) is 3.20. The average molecular weight is 575 g/mol. The first-order valence-corrected chi connectivity index (χ1v) is 12.0. The van der Waals surface area contributed by atoms with Gasteiger partial charge in [-0.05, 0) is 66.5 Å². The fourth-order valence-electron chi connectivity index (χ4n) is 4.48. The van der Waals surface area contributed by atoms with Crippen LogP contribution in [0, 0.1) is 3.57 Å². The lowest BCUT2D eigenvalue weighted by atomic mass is 9.88. The van der Waals surface area contributed by atoms with Crippen LogP contribution in [0.3, 0.4) is 0 Å². The molecule has 0 radical (unpaired) electrons. The molecule has 4 rings (SSSR count). The van der Waals surface area contributed by atoms with Gasteiger partial charge in [-0.25, -0.2) is 0 Å². The highest BCUT2D eigenvalue weighted by Gasteiger charge is 2.35. The summed E-state index contributed by atoms with van der Waals surface area (Å²) in [5.74, 6) is -1.06. The monoisotopic (exact) mass is 575 g/mol. The van der Waals surface area contributed by atoms with Crippen molar-refractivity contribution in [2.24, 2.45) is 0 Å². The lowest BCUT2D eigenvalue weighted by Gasteiger charge is -2.46. The van der Waals surface area contributed by atoms with E-state index in [1.54, 1.807) is 0 Å². The zero-order valence-electron chi connectivity index (χ0n) is 17.8. The Morgan fingerprint density at radius 2 is 1.82 bits per heavy atom. The number of likely N-dealkylation sites (tertiary alicyclic amines) is 1. The van der Waals surface area contributed by atoms with E-state index in [0.29, 0.717) is 12.1 Å². The van der Waals surface area contributed by atoms with Crippen LogP contribution in [0.1, 0.15) is 47.6 Å². The first-order chi connectivity index (χ1) is 15.7. The summed E-state index contributed by atoms with van der Waals surface area (Å²) in [7, 11) is 0. The summed E-state index contributed by atoms with van der Waals surface area (Å²) in [4.78, 5) is 26.6. The van der Waals surface area contributed by atoms with E-state index in [1.165, 1.54) is 12.1 Å². The third-order valence-corrected chi connectivity index (χ3v) is 6.82. The Morgan fingerprint density at radius 3 is 2.45 bits per heavy atom. The molecule has 2 fully saturated rings. The number of aromatic nitrogens is 2. The predicted octanol–water partition coefficient (Wildman–Crippen LogP) is 3.22. The number of nitrogens with one attached hydrogen (secondary N) is 2. The molecule has 1 saturated heterocycles. The number of hydrogen-bond donors (Lipinski definition) is 2. The van der Waals surface area contributed by atoms with Crippen LogP contribution in [0.5, 0.6) is 0 Å². The van der Waals surface area contributed by atoms with Crippen molar-refractivity contribution in [3.8, 4) is 0 Å². The Labute approximate surface area is 203 Å². The van der Waals surface area contributed by atoms with Crippen LogP contribution in [0.25, 0.3) is 0 Å². The summed E-state index contributed by atoms with van der Waals surface area (Å²) >= 11 is 2.26. The van der Waals surface area contributed by atoms with E-state index in [1.807, 2.05) is 6.20 Å². The first kappa shape index (κ1) is 24.0. The van der Waals surface area contributed by atoms with Crippen LogP contribution >= 0.6 is 22.6 Å². The molecule has 0 unspecified atom stereocenters. The highest BCUT2D eigenvalue weighted by molar-refractivity contribution is 14.1. The van der Waals surface area contributed by atoms with Crippen LogP contribution in [0.4, 0.5) is 13.2 Å². The van der Waals surface area contributed by atoms with Gasteiger partial charge in [-0.3, -0.25) is 19.2 Å². The maximum atomic E-state index is 12.8. The van der Waals surface area contributed by atoms with Crippen LogP contribution in [0.2, 0.25) is 0 Å². The normalized spacial score (nSPS) is 21.9. The molecule has 1 aromatic heterocycles. The smallest absolute Gasteiger partial charge is 0.349 e. The van der Waals surface area contributed by atoms with Crippen LogP contribution < -0.4 is 10.6 Å². The molecule has 2 amide bonds. The van der Waals surface area contributed by atoms with E-state index >= 15 is 0 Å². The fraction of sp³-hybridized carbons (Fsp3) is 0.500. The van der Waals surface area contributed by atoms with Gasteiger partial charge in [0.05, 0.1) is 34.0 Å². The second-order valence-corrected chi connectivity index (χ2v) is 9.83. The summed E-state index contributed by atoms with van der Waals surface area (Å²) in [5.41, 5.74) is -1.03. The zero-order valence-corrected chi connectivity index (χ0v) is 20.0. The SMILES string of the molecule is O=C(CNC(=O)c1cccc(C(F)(F)F)c1)NC1CN([C@H]2CC[C@@H](n3cc(I)cn3)CC2)C1. The molecule has 2 aliphatic rings. The molecule has 2 heterocycles. The summed E-state index contributed by atoms with van der Waals surface area (Å²) in [6.45, 7) is 1.25. The van der Waals surface area contributed by atoms with E-state index in [4.69, 9.17) is 0 Å². The van der Waals surface area contributed by atoms with Gasteiger partial charge in [-0.2, -0.15) is 18.3 Å². The summed E-state index contributed by atoms with van der Waals surface area (Å²) in [5, 5.41) is 9.68. The van der Waals surface area contributed by atoms with Gasteiger partial charge in [0.1, 0.15) is 0 Å². The number of rotatable bonds is 6. The number of hydrogen-bond acceptors (Lipinski definition) is 4. The highest BCUT2D eigenvalue weighted by atomic mass is 127. The second kappa shape index (κ2) is 10.00. The molecule has 1 aliphatic carbocycles. The molecule has 11 heteroatoms. The third-order valence-electron chi connectivity index (χ3n) is 6.26. The van der Waals surface area contributed by atoms with Gasteiger partial charge in [0.2, 0.25) is 5.91 Å². The van der Waals surface area contributed by atoms with Crippen LogP contribution in [-0.4, -0.2) is 58.2 Å². The van der Waals surface area contributed by atoms with E-state index in [-0.39, 0.29) is 24.1 Å². The Kier molecular flexibility index (Phi) is 7.27. The van der Waals surface area contributed by atoms with Crippen molar-refractivity contribution in [2.45, 2.75) is 50.0 Å². The number of carbonyl (C=O) groups excluding carboxylic acids is 2. The topological polar surface area (TPSA) is 79.3 Å². The van der Waals surface area contributed by atoms with E-state index < -0.39 is 17.6 Å². The molecule has 2 aromatic rings. The Hall–Kier alpha value is -2.15. The minimum Gasteiger partial charge on any atom is -0.349 e. The van der Waals surface area contributed by atoms with Gasteiger partial charge < -0.3 is 10.6 Å². The zero-order chi connectivity index (χ0) is 23.6. The lowest BCUT2D eigenvalue weighted by Crippen LogP contribution is -2.63. The quantitative estimate of drug-likeness (QED) is 0.519. The molecule has 1 saturated carbocycles.